The van der Waals surface area contributed by atoms with Crippen LogP contribution >= 0.6 is 0 Å². The Morgan fingerprint density at radius 1 is 0.900 bits per heavy atom. The van der Waals surface area contributed by atoms with Crippen molar-refractivity contribution in [3.63, 3.8) is 0 Å². The first-order chi connectivity index (χ1) is 19.1. The van der Waals surface area contributed by atoms with E-state index in [1.54, 1.807) is 0 Å². The minimum absolute atomic E-state index is 0.0671. The number of amides is 3. The summed E-state index contributed by atoms with van der Waals surface area (Å²) in [5, 5.41) is 2.67. The number of nitrogens with one attached hydrogen (secondary N) is 1. The van der Waals surface area contributed by atoms with E-state index >= 15 is 0 Å². The van der Waals surface area contributed by atoms with Crippen molar-refractivity contribution in [3.8, 4) is 0 Å². The zero-order valence-electron chi connectivity index (χ0n) is 21.3. The van der Waals surface area contributed by atoms with E-state index in [2.05, 4.69) is 5.32 Å². The van der Waals surface area contributed by atoms with Gasteiger partial charge in [0.1, 0.15) is 17.9 Å². The number of alkyl halides is 3. The van der Waals surface area contributed by atoms with Crippen molar-refractivity contribution in [2.24, 2.45) is 0 Å². The first-order valence-corrected chi connectivity index (χ1v) is 12.7. The van der Waals surface area contributed by atoms with Crippen molar-refractivity contribution in [3.05, 3.63) is 95.8 Å². The summed E-state index contributed by atoms with van der Waals surface area (Å²) in [6, 6.07) is 18.8. The topological polar surface area (TPSA) is 73.0 Å². The van der Waals surface area contributed by atoms with Gasteiger partial charge in [0, 0.05) is 30.0 Å². The number of nitrogens with zero attached hydrogens (tertiary/aromatic N) is 3. The normalized spacial score (nSPS) is 16.9. The second kappa shape index (κ2) is 10.6. The molecule has 3 aromatic carbocycles. The van der Waals surface area contributed by atoms with Gasteiger partial charge in [0.15, 0.2) is 0 Å². The number of likely N-dealkylation sites (tertiary alicyclic amines) is 1. The zero-order valence-corrected chi connectivity index (χ0v) is 21.3. The largest absolute Gasteiger partial charge is 0.416 e. The highest BCUT2D eigenvalue weighted by Crippen LogP contribution is 2.40. The van der Waals surface area contributed by atoms with Crippen molar-refractivity contribution in [2.75, 3.05) is 36.5 Å². The van der Waals surface area contributed by atoms with E-state index in [0.717, 1.165) is 17.8 Å². The summed E-state index contributed by atoms with van der Waals surface area (Å²) in [5.41, 5.74) is -0.823. The molecule has 2 fully saturated rings. The van der Waals surface area contributed by atoms with E-state index in [1.807, 2.05) is 35.2 Å². The molecule has 0 saturated carbocycles. The molecule has 0 atom stereocenters. The molecule has 0 aliphatic carbocycles. The number of piperidine rings is 1. The maximum absolute atomic E-state index is 13.8. The monoisotopic (exact) mass is 554 g/mol. The maximum Gasteiger partial charge on any atom is 0.416 e. The lowest BCUT2D eigenvalue weighted by atomic mass is 9.85. The fraction of sp³-hybridized carbons (Fsp3) is 0.276. The molecule has 0 bridgehead atoms. The number of rotatable bonds is 5. The van der Waals surface area contributed by atoms with Crippen LogP contribution in [0.5, 0.6) is 0 Å². The van der Waals surface area contributed by atoms with Gasteiger partial charge in [-0.05, 0) is 67.4 Å². The van der Waals surface area contributed by atoms with Gasteiger partial charge in [0.2, 0.25) is 5.91 Å². The van der Waals surface area contributed by atoms with E-state index in [1.165, 1.54) is 46.2 Å². The van der Waals surface area contributed by atoms with E-state index in [0.29, 0.717) is 5.69 Å². The average Bonchev–Trinajstić information content (AvgIpc) is 3.20. The van der Waals surface area contributed by atoms with Gasteiger partial charge in [-0.15, -0.1) is 0 Å². The number of benzene rings is 3. The summed E-state index contributed by atoms with van der Waals surface area (Å²) in [4.78, 5) is 44.5. The summed E-state index contributed by atoms with van der Waals surface area (Å²) in [7, 11) is 0. The van der Waals surface area contributed by atoms with Crippen molar-refractivity contribution < 1.29 is 31.9 Å². The number of para-hydroxylation sites is 1. The van der Waals surface area contributed by atoms with E-state index < -0.39 is 34.9 Å². The van der Waals surface area contributed by atoms with Crippen molar-refractivity contribution in [2.45, 2.75) is 24.6 Å². The second-order valence-electron chi connectivity index (χ2n) is 9.87. The third-order valence-electron chi connectivity index (χ3n) is 7.36. The fourth-order valence-electron chi connectivity index (χ4n) is 5.32. The fourth-order valence-corrected chi connectivity index (χ4v) is 5.32. The molecular weight excluding hydrogens is 528 g/mol. The highest BCUT2D eigenvalue weighted by atomic mass is 19.4. The third kappa shape index (κ3) is 5.36. The van der Waals surface area contributed by atoms with Crippen LogP contribution in [0.15, 0.2) is 78.9 Å². The smallest absolute Gasteiger partial charge is 0.339 e. The molecule has 0 aromatic heterocycles. The molecule has 2 saturated heterocycles. The first kappa shape index (κ1) is 27.2. The standard InChI is InChI=1S/C29H26F4N4O3/c30-22-9-11-23(12-10-22)34-25(38)18-36-19-37(24-7-2-1-3-8-24)28(27(36)40)13-15-35(16-14-28)26(39)20-5-4-6-21(17-20)29(31,32)33/h1-12,17H,13-16,18-19H2,(H,34,38). The first-order valence-electron chi connectivity index (χ1n) is 12.7. The summed E-state index contributed by atoms with van der Waals surface area (Å²) >= 11 is 0. The van der Waals surface area contributed by atoms with Crippen LogP contribution in [-0.4, -0.2) is 59.4 Å². The van der Waals surface area contributed by atoms with E-state index in [4.69, 9.17) is 0 Å². The lowest BCUT2D eigenvalue weighted by Crippen LogP contribution is -2.57. The molecule has 2 aliphatic heterocycles. The summed E-state index contributed by atoms with van der Waals surface area (Å²) in [6.07, 6.45) is -4.09. The predicted octanol–water partition coefficient (Wildman–Crippen LogP) is 4.76. The molecule has 7 nitrogen and oxygen atoms in total. The average molecular weight is 555 g/mol. The molecule has 3 amide bonds. The molecule has 0 unspecified atom stereocenters. The zero-order chi connectivity index (χ0) is 28.5. The van der Waals surface area contributed by atoms with Crippen molar-refractivity contribution in [1.29, 1.82) is 0 Å². The lowest BCUT2D eigenvalue weighted by Gasteiger charge is -2.43. The highest BCUT2D eigenvalue weighted by Gasteiger charge is 2.54. The lowest BCUT2D eigenvalue weighted by molar-refractivity contribution is -0.137. The Kier molecular flexibility index (Phi) is 7.22. The molecule has 0 radical (unpaired) electrons. The SMILES string of the molecule is O=C(CN1CN(c2ccccc2)C2(CCN(C(=O)c3cccc(C(F)(F)F)c3)CC2)C1=O)Nc1ccc(F)cc1. The molecule has 2 heterocycles. The predicted molar refractivity (Wildman–Crippen MR) is 140 cm³/mol. The second-order valence-corrected chi connectivity index (χ2v) is 9.87. The van der Waals surface area contributed by atoms with Gasteiger partial charge in [0.25, 0.3) is 11.8 Å². The Hall–Kier alpha value is -4.41. The molecule has 1 N–H and O–H groups in total. The van der Waals surface area contributed by atoms with Crippen LogP contribution in [0.2, 0.25) is 0 Å². The Labute approximate surface area is 228 Å². The van der Waals surface area contributed by atoms with Gasteiger partial charge in [-0.2, -0.15) is 13.2 Å². The Morgan fingerprint density at radius 2 is 1.57 bits per heavy atom. The van der Waals surface area contributed by atoms with Crippen LogP contribution in [0.1, 0.15) is 28.8 Å². The molecule has 2 aliphatic rings. The van der Waals surface area contributed by atoms with Crippen molar-refractivity contribution in [1.82, 2.24) is 9.80 Å². The number of hydrogen-bond donors (Lipinski definition) is 1. The van der Waals surface area contributed by atoms with Crippen LogP contribution in [0.3, 0.4) is 0 Å². The van der Waals surface area contributed by atoms with Crippen LogP contribution < -0.4 is 10.2 Å². The summed E-state index contributed by atoms with van der Waals surface area (Å²) < 4.78 is 52.7. The van der Waals surface area contributed by atoms with Gasteiger partial charge in [-0.1, -0.05) is 24.3 Å². The summed E-state index contributed by atoms with van der Waals surface area (Å²) in [5.74, 6) is -1.68. The van der Waals surface area contributed by atoms with Crippen LogP contribution in [0, 0.1) is 5.82 Å². The minimum atomic E-state index is -4.57. The molecule has 3 aromatic rings. The van der Waals surface area contributed by atoms with Gasteiger partial charge < -0.3 is 20.0 Å². The number of anilines is 2. The molecular formula is C29H26F4N4O3. The Morgan fingerprint density at radius 3 is 2.23 bits per heavy atom. The molecule has 5 rings (SSSR count). The van der Waals surface area contributed by atoms with E-state index in [9.17, 15) is 31.9 Å². The number of halogens is 4. The number of hydrogen-bond acceptors (Lipinski definition) is 4. The quantitative estimate of drug-likeness (QED) is 0.462. The highest BCUT2D eigenvalue weighted by molar-refractivity contribution is 6.00. The molecule has 1 spiro atoms. The maximum atomic E-state index is 13.8. The molecule has 11 heteroatoms. The molecule has 208 valence electrons. The van der Waals surface area contributed by atoms with Crippen LogP contribution in [0.4, 0.5) is 28.9 Å². The minimum Gasteiger partial charge on any atom is -0.339 e. The number of carbonyl (C=O) groups is 3. The third-order valence-corrected chi connectivity index (χ3v) is 7.36. The Bertz CT molecular complexity index is 1400. The Balaban J connectivity index is 1.33. The molecule has 40 heavy (non-hydrogen) atoms. The van der Waals surface area contributed by atoms with Crippen LogP contribution in [0.25, 0.3) is 0 Å². The van der Waals surface area contributed by atoms with Gasteiger partial charge in [-0.25, -0.2) is 4.39 Å². The number of carbonyl (C=O) groups excluding carboxylic acids is 3. The van der Waals surface area contributed by atoms with Gasteiger partial charge in [0.05, 0.1) is 12.2 Å². The van der Waals surface area contributed by atoms with E-state index in [-0.39, 0.29) is 50.6 Å². The van der Waals surface area contributed by atoms with Gasteiger partial charge >= 0.3 is 6.18 Å². The summed E-state index contributed by atoms with van der Waals surface area (Å²) in [6.45, 7) is 0.217. The van der Waals surface area contributed by atoms with Crippen molar-refractivity contribution >= 4 is 29.1 Å². The van der Waals surface area contributed by atoms with Gasteiger partial charge in [-0.3, -0.25) is 14.4 Å². The van der Waals surface area contributed by atoms with Crippen LogP contribution in [-0.2, 0) is 15.8 Å².